The topological polar surface area (TPSA) is 46.2 Å². The molecule has 3 N–H and O–H groups in total. The molecule has 0 saturated heterocycles. The van der Waals surface area contributed by atoms with Gasteiger partial charge in [0.1, 0.15) is 0 Å². The molecule has 0 aromatic heterocycles. The monoisotopic (exact) mass is 207 g/mol. The fourth-order valence-corrected chi connectivity index (χ4v) is 1.96. The maximum Gasteiger partial charge on any atom is 0.0883 e. The quantitative estimate of drug-likeness (QED) is 0.798. The van der Waals surface area contributed by atoms with Crippen molar-refractivity contribution in [1.29, 1.82) is 0 Å². The Morgan fingerprint density at radius 1 is 1.13 bits per heavy atom. The second-order valence-electron chi connectivity index (χ2n) is 4.56. The molecular formula is C13H21NO. The van der Waals surface area contributed by atoms with Gasteiger partial charge in [-0.3, -0.25) is 0 Å². The van der Waals surface area contributed by atoms with Gasteiger partial charge in [0.2, 0.25) is 0 Å². The highest BCUT2D eigenvalue weighted by Gasteiger charge is 2.24. The number of aliphatic hydroxyl groups is 1. The third-order valence-corrected chi connectivity index (χ3v) is 3.05. The number of rotatable bonds is 3. The third kappa shape index (κ3) is 2.58. The first-order chi connectivity index (χ1) is 6.88. The number of nitrogens with two attached hydrogens (primary N) is 1. The van der Waals surface area contributed by atoms with Gasteiger partial charge in [-0.1, -0.05) is 12.1 Å². The molecule has 0 spiro atoms. The van der Waals surface area contributed by atoms with Gasteiger partial charge in [0, 0.05) is 0 Å². The molecule has 1 unspecified atom stereocenters. The Kier molecular flexibility index (Phi) is 3.53. The molecule has 0 aliphatic rings. The van der Waals surface area contributed by atoms with Crippen LogP contribution in [0.2, 0.25) is 0 Å². The van der Waals surface area contributed by atoms with Crippen molar-refractivity contribution in [3.05, 3.63) is 34.4 Å². The molecule has 0 bridgehead atoms. The van der Waals surface area contributed by atoms with E-state index in [0.29, 0.717) is 13.0 Å². The van der Waals surface area contributed by atoms with Crippen molar-refractivity contribution in [3.8, 4) is 0 Å². The van der Waals surface area contributed by atoms with E-state index in [2.05, 4.69) is 26.0 Å². The summed E-state index contributed by atoms with van der Waals surface area (Å²) < 4.78 is 0. The van der Waals surface area contributed by atoms with Crippen LogP contribution in [0.25, 0.3) is 0 Å². The standard InChI is InChI=1S/C13H21NO/c1-9-7-11(3)12(8-10(9)2)13(4,15)5-6-14/h7-8,15H,5-6,14H2,1-4H3. The zero-order chi connectivity index (χ0) is 11.6. The van der Waals surface area contributed by atoms with Crippen LogP contribution >= 0.6 is 0 Å². The average molecular weight is 207 g/mol. The molecule has 1 aromatic rings. The van der Waals surface area contributed by atoms with Crippen molar-refractivity contribution in [1.82, 2.24) is 0 Å². The summed E-state index contributed by atoms with van der Waals surface area (Å²) in [5, 5.41) is 10.3. The van der Waals surface area contributed by atoms with Gasteiger partial charge in [-0.15, -0.1) is 0 Å². The van der Waals surface area contributed by atoms with E-state index in [1.807, 2.05) is 13.8 Å². The zero-order valence-electron chi connectivity index (χ0n) is 10.1. The lowest BCUT2D eigenvalue weighted by Crippen LogP contribution is -2.26. The Morgan fingerprint density at radius 2 is 1.67 bits per heavy atom. The first-order valence-electron chi connectivity index (χ1n) is 5.39. The van der Waals surface area contributed by atoms with Gasteiger partial charge in [-0.25, -0.2) is 0 Å². The molecule has 2 heteroatoms. The van der Waals surface area contributed by atoms with E-state index in [1.54, 1.807) is 0 Å². The van der Waals surface area contributed by atoms with Crippen molar-refractivity contribution in [2.24, 2.45) is 5.73 Å². The van der Waals surface area contributed by atoms with Crippen LogP contribution in [0.5, 0.6) is 0 Å². The van der Waals surface area contributed by atoms with E-state index in [4.69, 9.17) is 5.73 Å². The summed E-state index contributed by atoms with van der Waals surface area (Å²) in [4.78, 5) is 0. The molecule has 0 aliphatic carbocycles. The minimum Gasteiger partial charge on any atom is -0.385 e. The van der Waals surface area contributed by atoms with E-state index in [9.17, 15) is 5.11 Å². The van der Waals surface area contributed by atoms with Crippen molar-refractivity contribution in [2.45, 2.75) is 39.7 Å². The zero-order valence-corrected chi connectivity index (χ0v) is 10.1. The smallest absolute Gasteiger partial charge is 0.0883 e. The van der Waals surface area contributed by atoms with Crippen LogP contribution in [0.1, 0.15) is 35.6 Å². The second kappa shape index (κ2) is 4.33. The van der Waals surface area contributed by atoms with Crippen molar-refractivity contribution < 1.29 is 5.11 Å². The summed E-state index contributed by atoms with van der Waals surface area (Å²) in [6.45, 7) is 8.52. The van der Waals surface area contributed by atoms with Gasteiger partial charge in [0.25, 0.3) is 0 Å². The average Bonchev–Trinajstić information content (AvgIpc) is 2.11. The predicted octanol–water partition coefficient (Wildman–Crippen LogP) is 2.17. The first-order valence-corrected chi connectivity index (χ1v) is 5.39. The molecule has 2 nitrogen and oxygen atoms in total. The van der Waals surface area contributed by atoms with E-state index in [1.165, 1.54) is 11.1 Å². The molecule has 0 saturated carbocycles. The van der Waals surface area contributed by atoms with Crippen molar-refractivity contribution in [3.63, 3.8) is 0 Å². The summed E-state index contributed by atoms with van der Waals surface area (Å²) >= 11 is 0. The van der Waals surface area contributed by atoms with Gasteiger partial charge in [-0.05, 0) is 62.9 Å². The fraction of sp³-hybridized carbons (Fsp3) is 0.538. The molecule has 0 heterocycles. The minimum atomic E-state index is -0.808. The SMILES string of the molecule is Cc1cc(C)c(C(C)(O)CCN)cc1C. The second-order valence-corrected chi connectivity index (χ2v) is 4.56. The minimum absolute atomic E-state index is 0.499. The van der Waals surface area contributed by atoms with Gasteiger partial charge >= 0.3 is 0 Å². The number of hydrogen-bond donors (Lipinski definition) is 2. The highest BCUT2D eigenvalue weighted by molar-refractivity contribution is 5.39. The van der Waals surface area contributed by atoms with E-state index >= 15 is 0 Å². The lowest BCUT2D eigenvalue weighted by Gasteiger charge is -2.26. The van der Waals surface area contributed by atoms with E-state index < -0.39 is 5.60 Å². The van der Waals surface area contributed by atoms with Gasteiger partial charge in [0.05, 0.1) is 5.60 Å². The molecule has 0 aliphatic heterocycles. The number of benzene rings is 1. The molecule has 15 heavy (non-hydrogen) atoms. The first kappa shape index (κ1) is 12.2. The van der Waals surface area contributed by atoms with Gasteiger partial charge < -0.3 is 10.8 Å². The van der Waals surface area contributed by atoms with Crippen LogP contribution in [0.3, 0.4) is 0 Å². The highest BCUT2D eigenvalue weighted by Crippen LogP contribution is 2.28. The summed E-state index contributed by atoms with van der Waals surface area (Å²) in [5.41, 5.74) is 9.31. The normalized spacial score (nSPS) is 15.1. The van der Waals surface area contributed by atoms with Crippen LogP contribution in [0.4, 0.5) is 0 Å². The fourth-order valence-electron chi connectivity index (χ4n) is 1.96. The van der Waals surface area contributed by atoms with Gasteiger partial charge in [0.15, 0.2) is 0 Å². The summed E-state index contributed by atoms with van der Waals surface area (Å²) in [5.74, 6) is 0. The molecule has 0 amide bonds. The van der Waals surface area contributed by atoms with Crippen molar-refractivity contribution >= 4 is 0 Å². The largest absolute Gasteiger partial charge is 0.385 e. The lowest BCUT2D eigenvalue weighted by molar-refractivity contribution is 0.0497. The molecule has 1 rings (SSSR count). The number of aryl methyl sites for hydroxylation is 3. The van der Waals surface area contributed by atoms with Crippen LogP contribution < -0.4 is 5.73 Å². The third-order valence-electron chi connectivity index (χ3n) is 3.05. The molecule has 1 atom stereocenters. The Labute approximate surface area is 92.1 Å². The summed E-state index contributed by atoms with van der Waals surface area (Å²) in [6, 6.07) is 4.19. The highest BCUT2D eigenvalue weighted by atomic mass is 16.3. The molecule has 0 fully saturated rings. The van der Waals surface area contributed by atoms with Crippen LogP contribution in [-0.2, 0) is 5.60 Å². The maximum absolute atomic E-state index is 10.3. The van der Waals surface area contributed by atoms with Crippen molar-refractivity contribution in [2.75, 3.05) is 6.54 Å². The van der Waals surface area contributed by atoms with Crippen LogP contribution in [0.15, 0.2) is 12.1 Å². The number of hydrogen-bond acceptors (Lipinski definition) is 2. The van der Waals surface area contributed by atoms with E-state index in [-0.39, 0.29) is 0 Å². The Hall–Kier alpha value is -0.860. The lowest BCUT2D eigenvalue weighted by atomic mass is 9.87. The Morgan fingerprint density at radius 3 is 2.20 bits per heavy atom. The molecule has 0 radical (unpaired) electrons. The molecule has 1 aromatic carbocycles. The molecule has 84 valence electrons. The van der Waals surface area contributed by atoms with Gasteiger partial charge in [-0.2, -0.15) is 0 Å². The molecular weight excluding hydrogens is 186 g/mol. The maximum atomic E-state index is 10.3. The summed E-state index contributed by atoms with van der Waals surface area (Å²) in [6.07, 6.45) is 0.594. The Balaban J connectivity index is 3.19. The summed E-state index contributed by atoms with van der Waals surface area (Å²) in [7, 11) is 0. The Bertz CT molecular complexity index is 356. The predicted molar refractivity (Wildman–Crippen MR) is 63.9 cm³/mol. The van der Waals surface area contributed by atoms with Crippen LogP contribution in [0, 0.1) is 20.8 Å². The van der Waals surface area contributed by atoms with Crippen LogP contribution in [-0.4, -0.2) is 11.7 Å². The van der Waals surface area contributed by atoms with E-state index in [0.717, 1.165) is 11.1 Å².